The van der Waals surface area contributed by atoms with Crippen molar-refractivity contribution >= 4 is 39.7 Å². The van der Waals surface area contributed by atoms with Crippen molar-refractivity contribution in [3.05, 3.63) is 12.7 Å². The Morgan fingerprint density at radius 3 is 1.21 bits per heavy atom. The predicted molar refractivity (Wildman–Crippen MR) is 156 cm³/mol. The lowest BCUT2D eigenvalue weighted by Crippen LogP contribution is -2.64. The van der Waals surface area contributed by atoms with Crippen molar-refractivity contribution in [3.8, 4) is 0 Å². The Kier molecular flexibility index (Phi) is 15.9. The maximum atomic E-state index is 11.8. The second-order valence-corrected chi connectivity index (χ2v) is 27.5. The Hall–Kier alpha value is -0.0425. The Morgan fingerprint density at radius 1 is 0.676 bits per heavy atom. The summed E-state index contributed by atoms with van der Waals surface area (Å²) in [4.78, 5) is 11.8. The van der Waals surface area contributed by atoms with Gasteiger partial charge < -0.3 is 17.1 Å². The molecule has 1 atom stereocenters. The van der Waals surface area contributed by atoms with E-state index in [1.807, 2.05) is 6.92 Å². The average molecular weight is 549 g/mol. The van der Waals surface area contributed by atoms with Gasteiger partial charge in [-0.1, -0.05) is 68.9 Å². The normalized spacial score (nSPS) is 14.2. The molecule has 5 nitrogen and oxygen atoms in total. The van der Waals surface area contributed by atoms with Crippen LogP contribution in [0.4, 0.5) is 0 Å². The van der Waals surface area contributed by atoms with Crippen molar-refractivity contribution in [2.75, 3.05) is 0 Å². The van der Waals surface area contributed by atoms with E-state index >= 15 is 0 Å². The molecule has 0 N–H and O–H groups in total. The van der Waals surface area contributed by atoms with E-state index in [1.165, 1.54) is 6.08 Å². The molecule has 34 heavy (non-hydrogen) atoms. The Labute approximate surface area is 216 Å². The minimum Gasteiger partial charge on any atom is -0.460 e. The summed E-state index contributed by atoms with van der Waals surface area (Å²) in [6.07, 6.45) is 1.70. The highest BCUT2D eigenvalue weighted by molar-refractivity contribution is 6.92. The first-order valence-electron chi connectivity index (χ1n) is 14.0. The molecule has 0 heterocycles. The molecule has 0 aromatic heterocycles. The van der Waals surface area contributed by atoms with Crippen LogP contribution in [0.5, 0.6) is 0 Å². The van der Waals surface area contributed by atoms with E-state index in [9.17, 15) is 4.79 Å². The van der Waals surface area contributed by atoms with Crippen LogP contribution in [0, 0.1) is 0 Å². The fourth-order valence-corrected chi connectivity index (χ4v) is 26.0. The van der Waals surface area contributed by atoms with Crippen LogP contribution in [-0.4, -0.2) is 45.8 Å². The lowest BCUT2D eigenvalue weighted by molar-refractivity contribution is -0.142. The molecule has 0 aromatic rings. The summed E-state index contributed by atoms with van der Waals surface area (Å²) in [6, 6.07) is 10.3. The van der Waals surface area contributed by atoms with Gasteiger partial charge in [0, 0.05) is 12.1 Å². The zero-order valence-corrected chi connectivity index (χ0v) is 28.2. The number of hydrogen-bond donors (Lipinski definition) is 0. The van der Waals surface area contributed by atoms with Crippen molar-refractivity contribution in [2.24, 2.45) is 0 Å². The summed E-state index contributed by atoms with van der Waals surface area (Å²) in [5.74, 6) is -0.374. The smallest absolute Gasteiger partial charge is 0.460 e. The highest BCUT2D eigenvalue weighted by Crippen LogP contribution is 2.39. The van der Waals surface area contributed by atoms with E-state index in [1.54, 1.807) is 0 Å². The molecule has 0 aliphatic rings. The summed E-state index contributed by atoms with van der Waals surface area (Å²) in [6.45, 7) is 26.0. The van der Waals surface area contributed by atoms with E-state index in [2.05, 4.69) is 68.9 Å². The molecule has 0 aliphatic carbocycles. The number of carbonyl (C=O) groups is 1. The van der Waals surface area contributed by atoms with Crippen molar-refractivity contribution in [1.29, 1.82) is 0 Å². The van der Waals surface area contributed by atoms with Crippen LogP contribution >= 0.6 is 0 Å². The molecular formula is C25H56O5Si4. The quantitative estimate of drug-likeness (QED) is 0.0867. The van der Waals surface area contributed by atoms with Gasteiger partial charge in [-0.15, -0.1) is 0 Å². The first-order chi connectivity index (χ1) is 16.0. The van der Waals surface area contributed by atoms with Gasteiger partial charge in [0.1, 0.15) is 0 Å². The molecule has 0 rings (SSSR count). The number of rotatable bonds is 20. The molecule has 0 aromatic carbocycles. The van der Waals surface area contributed by atoms with Crippen LogP contribution in [0.2, 0.25) is 60.4 Å². The number of ether oxygens (including phenoxy) is 1. The molecular weight excluding hydrogens is 493 g/mol. The minimum absolute atomic E-state index is 0.226. The number of esters is 1. The highest BCUT2D eigenvalue weighted by atomic mass is 28.5. The van der Waals surface area contributed by atoms with Crippen LogP contribution in [0.3, 0.4) is 0 Å². The Balaban J connectivity index is 6.66. The largest absolute Gasteiger partial charge is 0.469 e. The molecule has 0 saturated carbocycles. The van der Waals surface area contributed by atoms with Crippen LogP contribution in [-0.2, 0) is 21.9 Å². The fraction of sp³-hybridized carbons (Fsp3) is 0.880. The third-order valence-electron chi connectivity index (χ3n) is 8.26. The topological polar surface area (TPSA) is 54.0 Å². The van der Waals surface area contributed by atoms with Gasteiger partial charge in [0.25, 0.3) is 0 Å². The maximum absolute atomic E-state index is 11.8. The molecule has 0 spiro atoms. The van der Waals surface area contributed by atoms with Gasteiger partial charge in [0.05, 0.1) is 6.10 Å². The lowest BCUT2D eigenvalue weighted by Gasteiger charge is -2.48. The standard InChI is InChI=1S/C25H56O5Si4/c1-12-25(26)27-24(11)22-23-34(28-31(13-2,14-3)15-4,29-32(16-5,17-6)18-7)30-33(19-8,20-9)21-10/h12,24H,1,13-23H2,2-11H3. The number of hydrogen-bond acceptors (Lipinski definition) is 5. The molecule has 9 heteroatoms. The monoisotopic (exact) mass is 548 g/mol. The van der Waals surface area contributed by atoms with Crippen molar-refractivity contribution in [2.45, 2.75) is 142 Å². The van der Waals surface area contributed by atoms with E-state index in [4.69, 9.17) is 17.1 Å². The third kappa shape index (κ3) is 9.44. The van der Waals surface area contributed by atoms with E-state index in [0.717, 1.165) is 60.4 Å². The zero-order chi connectivity index (χ0) is 26.5. The van der Waals surface area contributed by atoms with Crippen molar-refractivity contribution in [3.63, 3.8) is 0 Å². The Bertz CT molecular complexity index is 510. The van der Waals surface area contributed by atoms with Gasteiger partial charge in [0.2, 0.25) is 0 Å². The molecule has 0 fully saturated rings. The summed E-state index contributed by atoms with van der Waals surface area (Å²) in [5.41, 5.74) is 0. The summed E-state index contributed by atoms with van der Waals surface area (Å²) >= 11 is 0. The minimum atomic E-state index is -3.05. The fourth-order valence-electron chi connectivity index (χ4n) is 4.79. The summed E-state index contributed by atoms with van der Waals surface area (Å²) in [5, 5.41) is 0. The number of carbonyl (C=O) groups excluding carboxylic acids is 1. The highest BCUT2D eigenvalue weighted by Gasteiger charge is 2.55. The first kappa shape index (κ1) is 34.0. The Morgan fingerprint density at radius 2 is 0.971 bits per heavy atom. The van der Waals surface area contributed by atoms with Crippen LogP contribution < -0.4 is 0 Å². The third-order valence-corrected chi connectivity index (χ3v) is 29.7. The van der Waals surface area contributed by atoms with E-state index < -0.39 is 33.8 Å². The van der Waals surface area contributed by atoms with Gasteiger partial charge in [-0.05, 0) is 67.7 Å². The van der Waals surface area contributed by atoms with Crippen LogP contribution in [0.1, 0.15) is 75.7 Å². The van der Waals surface area contributed by atoms with Gasteiger partial charge in [0.15, 0.2) is 25.0 Å². The van der Waals surface area contributed by atoms with E-state index in [0.29, 0.717) is 6.42 Å². The average Bonchev–Trinajstić information content (AvgIpc) is 2.88. The van der Waals surface area contributed by atoms with E-state index in [-0.39, 0.29) is 12.1 Å². The van der Waals surface area contributed by atoms with Crippen molar-refractivity contribution in [1.82, 2.24) is 0 Å². The predicted octanol–water partition coefficient (Wildman–Crippen LogP) is 8.50. The molecule has 0 radical (unpaired) electrons. The second kappa shape index (κ2) is 15.9. The summed E-state index contributed by atoms with van der Waals surface area (Å²) in [7, 11) is -9.07. The van der Waals surface area contributed by atoms with Crippen molar-refractivity contribution < 1.29 is 21.9 Å². The molecule has 202 valence electrons. The molecule has 0 amide bonds. The van der Waals surface area contributed by atoms with Crippen LogP contribution in [0.15, 0.2) is 12.7 Å². The maximum Gasteiger partial charge on any atom is 0.469 e. The molecule has 0 saturated heterocycles. The van der Waals surface area contributed by atoms with Gasteiger partial charge in [-0.2, -0.15) is 0 Å². The molecule has 0 bridgehead atoms. The van der Waals surface area contributed by atoms with Crippen LogP contribution in [0.25, 0.3) is 0 Å². The lowest BCUT2D eigenvalue weighted by atomic mass is 10.3. The van der Waals surface area contributed by atoms with Gasteiger partial charge >= 0.3 is 14.8 Å². The summed E-state index contributed by atoms with van der Waals surface area (Å²) < 4.78 is 27.8. The second-order valence-electron chi connectivity index (χ2n) is 9.71. The molecule has 1 unspecified atom stereocenters. The first-order valence-corrected chi connectivity index (χ1v) is 23.5. The SMILES string of the molecule is C=CC(=O)OC(C)CC[Si](O[Si](CC)(CC)CC)(O[Si](CC)(CC)CC)O[Si](CC)(CC)CC. The van der Waals surface area contributed by atoms with Gasteiger partial charge in [-0.3, -0.25) is 0 Å². The zero-order valence-electron chi connectivity index (χ0n) is 24.2. The van der Waals surface area contributed by atoms with Gasteiger partial charge in [-0.25, -0.2) is 4.79 Å². The molecule has 0 aliphatic heterocycles.